The van der Waals surface area contributed by atoms with Gasteiger partial charge in [-0.2, -0.15) is 4.98 Å². The van der Waals surface area contributed by atoms with Crippen molar-refractivity contribution in [1.29, 1.82) is 0 Å². The average Bonchev–Trinajstić information content (AvgIpc) is 2.68. The molecule has 0 aliphatic rings. The number of hydrogen-bond donors (Lipinski definition) is 1. The third-order valence-electron chi connectivity index (χ3n) is 2.00. The molecule has 15 heavy (non-hydrogen) atoms. The smallest absolute Gasteiger partial charge is 0.335 e. The minimum absolute atomic E-state index is 0.420. The molecule has 2 aromatic rings. The Labute approximate surface area is 88.3 Å². The van der Waals surface area contributed by atoms with Gasteiger partial charge in [0.05, 0.1) is 6.61 Å². The zero-order valence-electron chi connectivity index (χ0n) is 8.60. The van der Waals surface area contributed by atoms with E-state index in [0.717, 1.165) is 12.2 Å². The van der Waals surface area contributed by atoms with Crippen LogP contribution in [0.25, 0.3) is 0 Å². The summed E-state index contributed by atoms with van der Waals surface area (Å²) in [5, 5.41) is 6.80. The molecule has 4 heteroatoms. The molecule has 78 valence electrons. The van der Waals surface area contributed by atoms with Gasteiger partial charge in [-0.3, -0.25) is 5.10 Å². The van der Waals surface area contributed by atoms with Crippen molar-refractivity contribution in [3.8, 4) is 6.01 Å². The molecule has 0 aliphatic carbocycles. The minimum Gasteiger partial charge on any atom is -0.463 e. The second kappa shape index (κ2) is 4.59. The Morgan fingerprint density at radius 3 is 2.80 bits per heavy atom. The summed E-state index contributed by atoms with van der Waals surface area (Å²) < 4.78 is 5.17. The molecule has 0 saturated carbocycles. The van der Waals surface area contributed by atoms with E-state index in [4.69, 9.17) is 4.74 Å². The zero-order chi connectivity index (χ0) is 10.5. The molecule has 1 N–H and O–H groups in total. The van der Waals surface area contributed by atoms with Gasteiger partial charge in [0, 0.05) is 6.42 Å². The van der Waals surface area contributed by atoms with Gasteiger partial charge in [-0.25, -0.2) is 0 Å². The number of nitrogens with one attached hydrogen (secondary N) is 1. The summed E-state index contributed by atoms with van der Waals surface area (Å²) in [6.07, 6.45) is 0.751. The number of H-pyrrole nitrogens is 1. The summed E-state index contributed by atoms with van der Waals surface area (Å²) in [6, 6.07) is 10.6. The molecule has 0 radical (unpaired) electrons. The highest BCUT2D eigenvalue weighted by atomic mass is 16.5. The van der Waals surface area contributed by atoms with E-state index < -0.39 is 0 Å². The first kappa shape index (κ1) is 9.71. The van der Waals surface area contributed by atoms with Gasteiger partial charge in [-0.1, -0.05) is 30.3 Å². The first-order valence-electron chi connectivity index (χ1n) is 4.96. The molecule has 0 saturated heterocycles. The molecule has 1 aromatic carbocycles. The molecule has 0 amide bonds. The third kappa shape index (κ3) is 2.56. The van der Waals surface area contributed by atoms with E-state index in [1.807, 2.05) is 25.1 Å². The second-order valence-electron chi connectivity index (χ2n) is 3.16. The maximum absolute atomic E-state index is 5.17. The van der Waals surface area contributed by atoms with Crippen molar-refractivity contribution < 1.29 is 4.74 Å². The average molecular weight is 203 g/mol. The first-order valence-corrected chi connectivity index (χ1v) is 4.96. The molecule has 1 heterocycles. The second-order valence-corrected chi connectivity index (χ2v) is 3.16. The minimum atomic E-state index is 0.420. The Kier molecular flexibility index (Phi) is 2.97. The summed E-state index contributed by atoms with van der Waals surface area (Å²) in [6.45, 7) is 2.50. The lowest BCUT2D eigenvalue weighted by molar-refractivity contribution is 0.314. The van der Waals surface area contributed by atoms with Gasteiger partial charge < -0.3 is 4.74 Å². The van der Waals surface area contributed by atoms with Gasteiger partial charge >= 0.3 is 6.01 Å². The van der Waals surface area contributed by atoms with Crippen LogP contribution in [0.5, 0.6) is 6.01 Å². The van der Waals surface area contributed by atoms with Crippen molar-refractivity contribution in [2.45, 2.75) is 13.3 Å². The molecule has 0 fully saturated rings. The highest BCUT2D eigenvalue weighted by molar-refractivity contribution is 5.18. The number of ether oxygens (including phenoxy) is 1. The fraction of sp³-hybridized carbons (Fsp3) is 0.273. The lowest BCUT2D eigenvalue weighted by Crippen LogP contribution is -1.93. The van der Waals surface area contributed by atoms with Crippen molar-refractivity contribution in [2.24, 2.45) is 0 Å². The van der Waals surface area contributed by atoms with Gasteiger partial charge in [0.25, 0.3) is 0 Å². The lowest BCUT2D eigenvalue weighted by atomic mass is 10.1. The molecule has 0 unspecified atom stereocenters. The summed E-state index contributed by atoms with van der Waals surface area (Å²) in [5.74, 6) is 0.824. The van der Waals surface area contributed by atoms with E-state index in [1.54, 1.807) is 0 Å². The third-order valence-corrected chi connectivity index (χ3v) is 2.00. The molecule has 0 bridgehead atoms. The van der Waals surface area contributed by atoms with Crippen molar-refractivity contribution in [3.63, 3.8) is 0 Å². The van der Waals surface area contributed by atoms with Crippen LogP contribution >= 0.6 is 0 Å². The normalized spacial score (nSPS) is 10.2. The number of aromatic nitrogens is 3. The number of hydrogen-bond acceptors (Lipinski definition) is 3. The number of aromatic amines is 1. The van der Waals surface area contributed by atoms with E-state index in [9.17, 15) is 0 Å². The lowest BCUT2D eigenvalue weighted by Gasteiger charge is -1.95. The fourth-order valence-corrected chi connectivity index (χ4v) is 1.34. The van der Waals surface area contributed by atoms with Crippen molar-refractivity contribution in [3.05, 3.63) is 41.7 Å². The summed E-state index contributed by atoms with van der Waals surface area (Å²) in [4.78, 5) is 4.21. The molecule has 4 nitrogen and oxygen atoms in total. The molecular formula is C11H13N3O. The summed E-state index contributed by atoms with van der Waals surface area (Å²) in [5.41, 5.74) is 1.21. The van der Waals surface area contributed by atoms with Crippen LogP contribution in [-0.2, 0) is 6.42 Å². The van der Waals surface area contributed by atoms with E-state index in [-0.39, 0.29) is 0 Å². The maximum Gasteiger partial charge on any atom is 0.335 e. The number of rotatable bonds is 4. The summed E-state index contributed by atoms with van der Waals surface area (Å²) in [7, 11) is 0. The van der Waals surface area contributed by atoms with Crippen molar-refractivity contribution in [2.75, 3.05) is 6.61 Å². The molecule has 0 spiro atoms. The van der Waals surface area contributed by atoms with E-state index in [1.165, 1.54) is 5.56 Å². The Morgan fingerprint density at radius 1 is 1.27 bits per heavy atom. The molecule has 1 aromatic heterocycles. The van der Waals surface area contributed by atoms with Gasteiger partial charge in [0.2, 0.25) is 0 Å². The monoisotopic (exact) mass is 203 g/mol. The van der Waals surface area contributed by atoms with Gasteiger partial charge in [0.15, 0.2) is 0 Å². The van der Waals surface area contributed by atoms with Gasteiger partial charge in [-0.15, -0.1) is 5.10 Å². The largest absolute Gasteiger partial charge is 0.463 e. The van der Waals surface area contributed by atoms with Crippen LogP contribution in [0.1, 0.15) is 18.3 Å². The topological polar surface area (TPSA) is 50.8 Å². The quantitative estimate of drug-likeness (QED) is 0.824. The first-order chi connectivity index (χ1) is 7.38. The fourth-order valence-electron chi connectivity index (χ4n) is 1.34. The Balaban J connectivity index is 2.05. The highest BCUT2D eigenvalue weighted by Gasteiger charge is 2.03. The predicted octanol–water partition coefficient (Wildman–Crippen LogP) is 1.79. The van der Waals surface area contributed by atoms with Gasteiger partial charge in [0.1, 0.15) is 5.82 Å². The van der Waals surface area contributed by atoms with Crippen LogP contribution < -0.4 is 4.74 Å². The van der Waals surface area contributed by atoms with Crippen LogP contribution in [0.4, 0.5) is 0 Å². The Hall–Kier alpha value is -1.84. The number of nitrogens with zero attached hydrogens (tertiary/aromatic N) is 2. The molecule has 0 aliphatic heterocycles. The highest BCUT2D eigenvalue weighted by Crippen LogP contribution is 2.07. The van der Waals surface area contributed by atoms with Gasteiger partial charge in [-0.05, 0) is 12.5 Å². The van der Waals surface area contributed by atoms with Crippen LogP contribution in [0, 0.1) is 0 Å². The van der Waals surface area contributed by atoms with Crippen molar-refractivity contribution in [1.82, 2.24) is 15.2 Å². The molecular weight excluding hydrogens is 190 g/mol. The van der Waals surface area contributed by atoms with Crippen LogP contribution in [-0.4, -0.2) is 21.8 Å². The van der Waals surface area contributed by atoms with Crippen LogP contribution in [0.15, 0.2) is 30.3 Å². The van der Waals surface area contributed by atoms with E-state index >= 15 is 0 Å². The predicted molar refractivity (Wildman–Crippen MR) is 56.8 cm³/mol. The van der Waals surface area contributed by atoms with Crippen molar-refractivity contribution >= 4 is 0 Å². The molecule has 2 rings (SSSR count). The Bertz CT molecular complexity index is 411. The molecule has 0 atom stereocenters. The zero-order valence-corrected chi connectivity index (χ0v) is 8.60. The van der Waals surface area contributed by atoms with E-state index in [0.29, 0.717) is 12.6 Å². The number of benzene rings is 1. The summed E-state index contributed by atoms with van der Waals surface area (Å²) >= 11 is 0. The Morgan fingerprint density at radius 2 is 2.07 bits per heavy atom. The standard InChI is InChI=1S/C11H13N3O/c1-2-15-11-12-10(13-14-11)8-9-6-4-3-5-7-9/h3-7H,2,8H2,1H3,(H,12,13,14). The van der Waals surface area contributed by atoms with Crippen LogP contribution in [0.2, 0.25) is 0 Å². The van der Waals surface area contributed by atoms with E-state index in [2.05, 4.69) is 27.3 Å². The maximum atomic E-state index is 5.17. The SMILES string of the molecule is CCOc1n[nH]c(Cc2ccccc2)n1. The van der Waals surface area contributed by atoms with Crippen LogP contribution in [0.3, 0.4) is 0 Å².